The number of methoxy groups -OCH3 is 2. The number of carbonyl (C=O) groups is 1. The van der Waals surface area contributed by atoms with Gasteiger partial charge in [0.25, 0.3) is 0 Å². The zero-order valence-corrected chi connectivity index (χ0v) is 14.2. The molecule has 0 amide bonds. The molecule has 1 aromatic rings. The van der Waals surface area contributed by atoms with Crippen molar-refractivity contribution in [2.75, 3.05) is 27.4 Å². The van der Waals surface area contributed by atoms with Crippen LogP contribution < -0.4 is 4.74 Å². The molecule has 1 unspecified atom stereocenters. The lowest BCUT2D eigenvalue weighted by atomic mass is 9.99. The van der Waals surface area contributed by atoms with Crippen molar-refractivity contribution < 1.29 is 27.8 Å². The Kier molecular flexibility index (Phi) is 4.98. The van der Waals surface area contributed by atoms with Gasteiger partial charge in [-0.1, -0.05) is 0 Å². The number of hydrogen-bond acceptors (Lipinski definition) is 5. The summed E-state index contributed by atoms with van der Waals surface area (Å²) in [5.74, 6) is -0.614. The molecule has 1 aliphatic heterocycles. The van der Waals surface area contributed by atoms with E-state index in [9.17, 15) is 18.3 Å². The van der Waals surface area contributed by atoms with E-state index in [0.29, 0.717) is 17.7 Å². The Bertz CT molecular complexity index is 702. The normalized spacial score (nSPS) is 22.2. The third-order valence-corrected chi connectivity index (χ3v) is 6.13. The SMILES string of the molecule is COCC1(C(=O)O)CCCN1S(=O)(=O)c1ccc(OC)c(C)c1. The quantitative estimate of drug-likeness (QED) is 0.836. The molecule has 1 aromatic carbocycles. The van der Waals surface area contributed by atoms with Crippen molar-refractivity contribution in [1.82, 2.24) is 4.31 Å². The van der Waals surface area contributed by atoms with Gasteiger partial charge in [0.2, 0.25) is 10.0 Å². The van der Waals surface area contributed by atoms with Crippen LogP contribution in [-0.4, -0.2) is 56.7 Å². The molecule has 0 aliphatic carbocycles. The fourth-order valence-electron chi connectivity index (χ4n) is 3.00. The number of carboxylic acids is 1. The molecule has 1 fully saturated rings. The van der Waals surface area contributed by atoms with Gasteiger partial charge >= 0.3 is 5.97 Å². The Morgan fingerprint density at radius 3 is 2.61 bits per heavy atom. The van der Waals surface area contributed by atoms with E-state index in [2.05, 4.69) is 0 Å². The summed E-state index contributed by atoms with van der Waals surface area (Å²) >= 11 is 0. The van der Waals surface area contributed by atoms with E-state index in [1.165, 1.54) is 26.4 Å². The zero-order chi connectivity index (χ0) is 17.3. The monoisotopic (exact) mass is 343 g/mol. The molecule has 1 aliphatic rings. The van der Waals surface area contributed by atoms with Crippen LogP contribution >= 0.6 is 0 Å². The Labute approximate surface area is 135 Å². The Balaban J connectivity index is 2.49. The molecule has 0 bridgehead atoms. The van der Waals surface area contributed by atoms with Gasteiger partial charge in [-0.05, 0) is 43.5 Å². The first-order valence-electron chi connectivity index (χ1n) is 7.19. The van der Waals surface area contributed by atoms with E-state index >= 15 is 0 Å². The molecule has 1 heterocycles. The largest absolute Gasteiger partial charge is 0.496 e. The van der Waals surface area contributed by atoms with Crippen LogP contribution in [0.15, 0.2) is 23.1 Å². The maximum atomic E-state index is 12.9. The highest BCUT2D eigenvalue weighted by Crippen LogP contribution is 2.36. The number of ether oxygens (including phenoxy) is 2. The van der Waals surface area contributed by atoms with E-state index in [-0.39, 0.29) is 24.5 Å². The molecule has 1 atom stereocenters. The first-order valence-corrected chi connectivity index (χ1v) is 8.63. The molecule has 8 heteroatoms. The number of carboxylic acid groups (broad SMARTS) is 1. The van der Waals surface area contributed by atoms with Crippen LogP contribution in [0.2, 0.25) is 0 Å². The first-order chi connectivity index (χ1) is 10.8. The van der Waals surface area contributed by atoms with Crippen molar-refractivity contribution in [3.63, 3.8) is 0 Å². The van der Waals surface area contributed by atoms with Crippen molar-refractivity contribution in [2.45, 2.75) is 30.2 Å². The first kappa shape index (κ1) is 17.7. The van der Waals surface area contributed by atoms with Gasteiger partial charge in [0.05, 0.1) is 18.6 Å². The topological polar surface area (TPSA) is 93.1 Å². The summed E-state index contributed by atoms with van der Waals surface area (Å²) in [5, 5.41) is 9.61. The second-order valence-corrected chi connectivity index (χ2v) is 7.44. The molecule has 1 N–H and O–H groups in total. The lowest BCUT2D eigenvalue weighted by Gasteiger charge is -2.33. The Morgan fingerprint density at radius 1 is 1.39 bits per heavy atom. The molecule has 1 saturated heterocycles. The second-order valence-electron chi connectivity index (χ2n) is 5.58. The minimum absolute atomic E-state index is 0.0550. The van der Waals surface area contributed by atoms with Crippen LogP contribution in [0, 0.1) is 6.92 Å². The van der Waals surface area contributed by atoms with Gasteiger partial charge in [-0.3, -0.25) is 4.79 Å². The minimum atomic E-state index is -3.94. The number of benzene rings is 1. The highest BCUT2D eigenvalue weighted by molar-refractivity contribution is 7.89. The van der Waals surface area contributed by atoms with E-state index in [1.54, 1.807) is 13.0 Å². The second kappa shape index (κ2) is 6.46. The van der Waals surface area contributed by atoms with E-state index < -0.39 is 21.5 Å². The van der Waals surface area contributed by atoms with Gasteiger partial charge in [0.15, 0.2) is 5.54 Å². The number of nitrogens with zero attached hydrogens (tertiary/aromatic N) is 1. The highest BCUT2D eigenvalue weighted by atomic mass is 32.2. The number of hydrogen-bond donors (Lipinski definition) is 1. The predicted molar refractivity (Wildman–Crippen MR) is 83.1 cm³/mol. The lowest BCUT2D eigenvalue weighted by molar-refractivity contribution is -0.150. The average Bonchev–Trinajstić information content (AvgIpc) is 2.93. The Hall–Kier alpha value is -1.64. The van der Waals surface area contributed by atoms with Crippen LogP contribution in [0.4, 0.5) is 0 Å². The number of sulfonamides is 1. The van der Waals surface area contributed by atoms with Crippen molar-refractivity contribution >= 4 is 16.0 Å². The number of aliphatic carboxylic acids is 1. The van der Waals surface area contributed by atoms with Gasteiger partial charge < -0.3 is 14.6 Å². The summed E-state index contributed by atoms with van der Waals surface area (Å²) in [6.45, 7) is 1.71. The van der Waals surface area contributed by atoms with Crippen LogP contribution in [0.3, 0.4) is 0 Å². The minimum Gasteiger partial charge on any atom is -0.496 e. The molecule has 0 radical (unpaired) electrons. The lowest BCUT2D eigenvalue weighted by Crippen LogP contribution is -2.55. The molecule has 2 rings (SSSR count). The third kappa shape index (κ3) is 2.93. The van der Waals surface area contributed by atoms with Crippen molar-refractivity contribution in [1.29, 1.82) is 0 Å². The van der Waals surface area contributed by atoms with E-state index in [0.717, 1.165) is 4.31 Å². The van der Waals surface area contributed by atoms with E-state index in [4.69, 9.17) is 9.47 Å². The molecular formula is C15H21NO6S. The average molecular weight is 343 g/mol. The number of rotatable bonds is 6. The molecule has 23 heavy (non-hydrogen) atoms. The molecule has 0 saturated carbocycles. The molecular weight excluding hydrogens is 322 g/mol. The summed E-state index contributed by atoms with van der Waals surface area (Å²) in [6, 6.07) is 4.49. The van der Waals surface area contributed by atoms with Crippen molar-refractivity contribution in [2.24, 2.45) is 0 Å². The van der Waals surface area contributed by atoms with Crippen LogP contribution in [0.5, 0.6) is 5.75 Å². The van der Waals surface area contributed by atoms with Gasteiger partial charge in [-0.15, -0.1) is 0 Å². The standard InChI is InChI=1S/C15H21NO6S/c1-11-9-12(5-6-13(11)22-3)23(19,20)16-8-4-7-15(16,10-21-2)14(17)18/h5-6,9H,4,7-8,10H2,1-3H3,(H,17,18). The molecule has 0 aromatic heterocycles. The summed E-state index contributed by atoms with van der Waals surface area (Å²) in [7, 11) is -1.07. The predicted octanol–water partition coefficient (Wildman–Crippen LogP) is 1.26. The van der Waals surface area contributed by atoms with Crippen LogP contribution in [0.1, 0.15) is 18.4 Å². The van der Waals surface area contributed by atoms with E-state index in [1.807, 2.05) is 0 Å². The van der Waals surface area contributed by atoms with Gasteiger partial charge in [-0.2, -0.15) is 4.31 Å². The fraction of sp³-hybridized carbons (Fsp3) is 0.533. The molecule has 128 valence electrons. The summed E-state index contributed by atoms with van der Waals surface area (Å²) in [6.07, 6.45) is 0.703. The van der Waals surface area contributed by atoms with Gasteiger partial charge in [0.1, 0.15) is 5.75 Å². The zero-order valence-electron chi connectivity index (χ0n) is 13.4. The maximum absolute atomic E-state index is 12.9. The van der Waals surface area contributed by atoms with Crippen molar-refractivity contribution in [3.05, 3.63) is 23.8 Å². The summed E-state index contributed by atoms with van der Waals surface area (Å²) in [5.41, 5.74) is -0.887. The number of aryl methyl sites for hydroxylation is 1. The van der Waals surface area contributed by atoms with Crippen LogP contribution in [-0.2, 0) is 19.6 Å². The van der Waals surface area contributed by atoms with Crippen molar-refractivity contribution in [3.8, 4) is 5.75 Å². The Morgan fingerprint density at radius 2 is 2.09 bits per heavy atom. The van der Waals surface area contributed by atoms with Gasteiger partial charge in [-0.25, -0.2) is 8.42 Å². The third-order valence-electron chi connectivity index (χ3n) is 4.16. The summed E-state index contributed by atoms with van der Waals surface area (Å²) in [4.78, 5) is 11.8. The maximum Gasteiger partial charge on any atom is 0.327 e. The van der Waals surface area contributed by atoms with Crippen LogP contribution in [0.25, 0.3) is 0 Å². The molecule has 7 nitrogen and oxygen atoms in total. The smallest absolute Gasteiger partial charge is 0.327 e. The highest BCUT2D eigenvalue weighted by Gasteiger charge is 2.53. The van der Waals surface area contributed by atoms with Gasteiger partial charge in [0, 0.05) is 13.7 Å². The summed E-state index contributed by atoms with van der Waals surface area (Å²) < 4.78 is 37.1. The fourth-order valence-corrected chi connectivity index (χ4v) is 4.87. The molecule has 0 spiro atoms.